The van der Waals surface area contributed by atoms with Crippen molar-refractivity contribution < 1.29 is 70.5 Å². The van der Waals surface area contributed by atoms with E-state index >= 15 is 0 Å². The Balaban J connectivity index is 2.01. The molecule has 0 aliphatic rings. The largest absolute Gasteiger partial charge is 0.768 e. The van der Waals surface area contributed by atoms with Gasteiger partial charge in [-0.05, 0) is 59.6 Å². The first-order chi connectivity index (χ1) is 23.3. The fraction of sp³-hybridized carbons (Fsp3) is 0.0417. The third-order valence-corrected chi connectivity index (χ3v) is 10.5. The Labute approximate surface area is 289 Å². The van der Waals surface area contributed by atoms with Crippen molar-refractivity contribution in [3.63, 3.8) is 0 Å². The van der Waals surface area contributed by atoms with Gasteiger partial charge in [-0.1, -0.05) is 0 Å². The number of nitrogen functional groups attached to an aromatic ring is 1. The van der Waals surface area contributed by atoms with Crippen LogP contribution in [-0.4, -0.2) is 71.7 Å². The molecule has 51 heavy (non-hydrogen) atoms. The Hall–Kier alpha value is -4.84. The average Bonchev–Trinajstić information content (AvgIpc) is 2.97. The van der Waals surface area contributed by atoms with Gasteiger partial charge in [-0.15, -0.1) is 20.5 Å². The first-order valence-electron chi connectivity index (χ1n) is 12.8. The van der Waals surface area contributed by atoms with Crippen molar-refractivity contribution in [1.82, 2.24) is 0 Å². The number of benzene rings is 4. The Morgan fingerprint density at radius 2 is 1.22 bits per heavy atom. The van der Waals surface area contributed by atoms with Crippen LogP contribution in [0, 0.1) is 0 Å². The van der Waals surface area contributed by atoms with Crippen molar-refractivity contribution >= 4 is 102 Å². The molecule has 27 heteroatoms. The summed E-state index contributed by atoms with van der Waals surface area (Å²) in [5, 5.41) is 26.5. The van der Waals surface area contributed by atoms with E-state index in [1.54, 1.807) is 0 Å². The molecule has 0 saturated carbocycles. The second kappa shape index (κ2) is 13.7. The minimum atomic E-state index is -5.43. The van der Waals surface area contributed by atoms with Crippen LogP contribution in [0.5, 0.6) is 5.75 Å². The molecule has 0 saturated heterocycles. The van der Waals surface area contributed by atoms with E-state index in [-0.39, 0.29) is 11.1 Å². The number of hydrogen-bond acceptors (Lipinski definition) is 17. The lowest BCUT2D eigenvalue weighted by molar-refractivity contribution is -0.114. The number of carbonyl (C=O) groups is 1. The molecule has 1 amide bonds. The van der Waals surface area contributed by atoms with Gasteiger partial charge in [0.1, 0.15) is 42.3 Å². The number of anilines is 2. The lowest BCUT2D eigenvalue weighted by atomic mass is 10.1. The summed E-state index contributed by atoms with van der Waals surface area (Å²) >= 11 is -2.93. The summed E-state index contributed by atoms with van der Waals surface area (Å²) in [5.41, 5.74) is 1.49. The van der Waals surface area contributed by atoms with Crippen LogP contribution in [0.4, 0.5) is 34.1 Å². The fourth-order valence-corrected chi connectivity index (χ4v) is 7.30. The van der Waals surface area contributed by atoms with Crippen molar-refractivity contribution in [1.29, 1.82) is 0 Å². The fourth-order valence-electron chi connectivity index (χ4n) is 4.26. The molecule has 272 valence electrons. The van der Waals surface area contributed by atoms with Crippen LogP contribution in [0.1, 0.15) is 6.92 Å². The molecule has 0 fully saturated rings. The van der Waals surface area contributed by atoms with Crippen LogP contribution in [-0.2, 0) is 56.3 Å². The van der Waals surface area contributed by atoms with Gasteiger partial charge in [0.15, 0.2) is 5.75 Å². The van der Waals surface area contributed by atoms with E-state index in [2.05, 4.69) is 20.5 Å². The Morgan fingerprint density at radius 1 is 0.686 bits per heavy atom. The maximum absolute atomic E-state index is 12.5. The van der Waals surface area contributed by atoms with Gasteiger partial charge < -0.3 is 20.7 Å². The van der Waals surface area contributed by atoms with E-state index in [4.69, 9.17) is 5.73 Å². The zero-order valence-electron chi connectivity index (χ0n) is 24.8. The molecule has 0 spiro atoms. The van der Waals surface area contributed by atoms with Gasteiger partial charge in [-0.3, -0.25) is 27.2 Å². The quantitative estimate of drug-likeness (QED) is 0.0523. The number of rotatable bonds is 10. The van der Waals surface area contributed by atoms with Crippen LogP contribution in [0.25, 0.3) is 10.8 Å². The van der Waals surface area contributed by atoms with Crippen molar-refractivity contribution in [3.05, 3.63) is 48.5 Å². The molecule has 1 atom stereocenters. The molecule has 0 radical (unpaired) electrons. The van der Waals surface area contributed by atoms with Crippen LogP contribution in [0.15, 0.2) is 93.5 Å². The zero-order chi connectivity index (χ0) is 38.4. The molecule has 22 nitrogen and oxygen atoms in total. The van der Waals surface area contributed by atoms with Gasteiger partial charge in [0.05, 0.1) is 11.4 Å². The normalized spacial score (nSPS) is 13.6. The highest BCUT2D eigenvalue weighted by atomic mass is 32.2. The molecule has 0 aliphatic carbocycles. The van der Waals surface area contributed by atoms with E-state index in [9.17, 15) is 70.5 Å². The van der Waals surface area contributed by atoms with E-state index < -0.39 is 122 Å². The number of nitrogens with one attached hydrogen (secondary N) is 1. The molecule has 4 aromatic rings. The van der Waals surface area contributed by atoms with Crippen LogP contribution >= 0.6 is 0 Å². The van der Waals surface area contributed by atoms with E-state index in [0.717, 1.165) is 31.2 Å². The van der Waals surface area contributed by atoms with Crippen LogP contribution < -0.4 is 11.1 Å². The van der Waals surface area contributed by atoms with Gasteiger partial charge in [-0.25, -0.2) is 0 Å². The average molecular weight is 808 g/mol. The summed E-state index contributed by atoms with van der Waals surface area (Å²) in [5.74, 6) is -2.07. The molecule has 4 aromatic carbocycles. The summed E-state index contributed by atoms with van der Waals surface area (Å²) in [6, 6.07) is 5.75. The first-order valence-corrected chi connectivity index (χ1v) is 19.6. The van der Waals surface area contributed by atoms with Crippen molar-refractivity contribution in [2.45, 2.75) is 31.4 Å². The van der Waals surface area contributed by atoms with Gasteiger partial charge in [0.2, 0.25) is 5.91 Å². The smallest absolute Gasteiger partial charge is 0.296 e. The van der Waals surface area contributed by atoms with Gasteiger partial charge in [0.25, 0.3) is 40.5 Å². The van der Waals surface area contributed by atoms with Crippen molar-refractivity contribution in [2.75, 3.05) is 11.1 Å². The highest BCUT2D eigenvalue weighted by Gasteiger charge is 2.27. The molecule has 0 heterocycles. The highest BCUT2D eigenvalue weighted by molar-refractivity contribution is 7.87. The number of phenolic OH excluding ortho intramolecular Hbond substituents is 1. The van der Waals surface area contributed by atoms with Gasteiger partial charge in [0, 0.05) is 22.6 Å². The number of carbonyl (C=O) groups excluding carboxylic acids is 1. The summed E-state index contributed by atoms with van der Waals surface area (Å²) < 4.78 is 159. The van der Waals surface area contributed by atoms with E-state index in [1.165, 1.54) is 0 Å². The molecule has 4 rings (SSSR count). The zero-order valence-corrected chi connectivity index (χ0v) is 28.8. The predicted molar refractivity (Wildman–Crippen MR) is 172 cm³/mol. The van der Waals surface area contributed by atoms with Gasteiger partial charge >= 0.3 is 0 Å². The second-order valence-electron chi connectivity index (χ2n) is 9.83. The van der Waals surface area contributed by atoms with Gasteiger partial charge in [-0.2, -0.15) is 33.7 Å². The molecule has 0 aliphatic heterocycles. The maximum atomic E-state index is 12.5. The summed E-state index contributed by atoms with van der Waals surface area (Å²) in [4.78, 5) is 6.32. The first kappa shape index (κ1) is 39.0. The van der Waals surface area contributed by atoms with Crippen LogP contribution in [0.3, 0.4) is 0 Å². The SMILES string of the molecule is CC(=O)Nc1cc(S(=O)(=O)O)c(N=Nc2c(S(=O)(=O)O)cc3c(N=Nc4ccc(S(=O)[O-])cc4S(=O)(=O)O)c(N)ccc3c2O)cc1S(=O)(=O)O. The number of nitrogens with two attached hydrogens (primary N) is 1. The molecule has 0 aromatic heterocycles. The van der Waals surface area contributed by atoms with Crippen molar-refractivity contribution in [2.24, 2.45) is 20.5 Å². The lowest BCUT2D eigenvalue weighted by Crippen LogP contribution is -2.12. The number of aromatic hydroxyl groups is 1. The lowest BCUT2D eigenvalue weighted by Gasteiger charge is -2.13. The third kappa shape index (κ3) is 8.56. The number of phenols is 1. The molecule has 0 bridgehead atoms. The van der Waals surface area contributed by atoms with E-state index in [1.807, 2.05) is 5.32 Å². The Bertz CT molecular complexity index is 2700. The monoisotopic (exact) mass is 807 g/mol. The minimum Gasteiger partial charge on any atom is -0.768 e. The minimum absolute atomic E-state index is 0.304. The molecule has 1 unspecified atom stereocenters. The summed E-state index contributed by atoms with van der Waals surface area (Å²) in [7, 11) is -21.1. The topological polar surface area (TPSA) is 382 Å². The highest BCUT2D eigenvalue weighted by Crippen LogP contribution is 2.46. The molecular weight excluding hydrogens is 789 g/mol. The maximum Gasteiger partial charge on any atom is 0.296 e. The predicted octanol–water partition coefficient (Wildman–Crippen LogP) is 3.14. The van der Waals surface area contributed by atoms with Crippen LogP contribution in [0.2, 0.25) is 0 Å². The van der Waals surface area contributed by atoms with Crippen molar-refractivity contribution in [3.8, 4) is 5.75 Å². The molecule has 8 N–H and O–H groups in total. The third-order valence-electron chi connectivity index (χ3n) is 6.36. The number of fused-ring (bicyclic) bond motifs is 1. The number of azo groups is 2. The van der Waals surface area contributed by atoms with E-state index in [0.29, 0.717) is 24.3 Å². The number of hydrogen-bond donors (Lipinski definition) is 7. The second-order valence-corrected chi connectivity index (χ2v) is 16.3. The molecular formula is C24H19N6O16S5-. The summed E-state index contributed by atoms with van der Waals surface area (Å²) in [6.07, 6.45) is 0. The number of nitrogens with zero attached hydrogens (tertiary/aromatic N) is 4. The number of amides is 1. The standard InChI is InChI=1S/C24H20N6O16S5/c1-10(31)26-16-8-20(50(41,42)43)17(9-19(16)49(38,39)40)28-30-23-21(51(44,45)46)7-13-12(24(23)32)3-4-14(25)22(13)29-27-15-5-2-11(47(33)34)6-18(15)48(35,36)37/h2-9,32H,25H2,1H3,(H,26,31)(H,33,34)(H,35,36,37)(H,38,39,40)(H,41,42,43)(H,44,45,46)/p-1. The summed E-state index contributed by atoms with van der Waals surface area (Å²) in [6.45, 7) is 0.891. The Kier molecular flexibility index (Phi) is 10.5. The Morgan fingerprint density at radius 3 is 1.75 bits per heavy atom.